The zero-order valence-electron chi connectivity index (χ0n) is 14.9. The van der Waals surface area contributed by atoms with Crippen LogP contribution in [0.15, 0.2) is 28.8 Å². The van der Waals surface area contributed by atoms with E-state index in [2.05, 4.69) is 5.16 Å². The number of aryl methyl sites for hydroxylation is 2. The van der Waals surface area contributed by atoms with Gasteiger partial charge in [0.25, 0.3) is 5.91 Å². The van der Waals surface area contributed by atoms with Gasteiger partial charge >= 0.3 is 0 Å². The molecular weight excluding hydrogens is 320 g/mol. The van der Waals surface area contributed by atoms with Crippen LogP contribution in [0.4, 0.5) is 0 Å². The topological polar surface area (TPSA) is 64.8 Å². The van der Waals surface area contributed by atoms with Gasteiger partial charge < -0.3 is 18.9 Å². The molecule has 3 rings (SSSR count). The van der Waals surface area contributed by atoms with Gasteiger partial charge in [-0.1, -0.05) is 11.2 Å². The lowest BCUT2D eigenvalue weighted by Gasteiger charge is -2.31. The molecule has 1 aliphatic heterocycles. The van der Waals surface area contributed by atoms with Gasteiger partial charge in [0.2, 0.25) is 0 Å². The van der Waals surface area contributed by atoms with Crippen LogP contribution in [-0.4, -0.2) is 42.3 Å². The van der Waals surface area contributed by atoms with Gasteiger partial charge in [-0.25, -0.2) is 0 Å². The van der Waals surface area contributed by atoms with Crippen LogP contribution in [0.5, 0.6) is 5.75 Å². The number of carbonyl (C=O) groups excluding carboxylic acids is 1. The van der Waals surface area contributed by atoms with Crippen molar-refractivity contribution in [1.29, 1.82) is 0 Å². The van der Waals surface area contributed by atoms with Crippen LogP contribution < -0.4 is 4.74 Å². The Morgan fingerprint density at radius 3 is 2.72 bits per heavy atom. The van der Waals surface area contributed by atoms with Crippen molar-refractivity contribution in [3.8, 4) is 5.75 Å². The van der Waals surface area contributed by atoms with Crippen LogP contribution in [0.1, 0.15) is 40.2 Å². The third-order valence-corrected chi connectivity index (χ3v) is 4.71. The maximum atomic E-state index is 12.7. The minimum absolute atomic E-state index is 0.0392. The van der Waals surface area contributed by atoms with Gasteiger partial charge in [0, 0.05) is 25.8 Å². The first-order valence-corrected chi connectivity index (χ1v) is 8.55. The Hall–Kier alpha value is -2.34. The summed E-state index contributed by atoms with van der Waals surface area (Å²) in [6, 6.07) is 7.32. The van der Waals surface area contributed by atoms with E-state index in [1.54, 1.807) is 13.2 Å². The molecule has 1 amide bonds. The molecule has 0 unspecified atom stereocenters. The molecule has 1 aromatic heterocycles. The summed E-state index contributed by atoms with van der Waals surface area (Å²) in [6.07, 6.45) is 2.02. The first-order chi connectivity index (χ1) is 12.1. The summed E-state index contributed by atoms with van der Waals surface area (Å²) >= 11 is 0. The number of nitrogens with zero attached hydrogens (tertiary/aromatic N) is 2. The molecule has 25 heavy (non-hydrogen) atoms. The van der Waals surface area contributed by atoms with Gasteiger partial charge in [-0.05, 0) is 44.9 Å². The second kappa shape index (κ2) is 7.70. The number of ether oxygens (including phenoxy) is 2. The summed E-state index contributed by atoms with van der Waals surface area (Å²) < 4.78 is 16.3. The highest BCUT2D eigenvalue weighted by atomic mass is 16.5. The molecule has 134 valence electrons. The van der Waals surface area contributed by atoms with E-state index >= 15 is 0 Å². The molecular formula is C19H24N2O4. The summed E-state index contributed by atoms with van der Waals surface area (Å²) in [5, 5.41) is 3.92. The van der Waals surface area contributed by atoms with Crippen molar-refractivity contribution in [2.45, 2.75) is 39.4 Å². The average molecular weight is 344 g/mol. The fraction of sp³-hybridized carbons (Fsp3) is 0.474. The highest BCUT2D eigenvalue weighted by Crippen LogP contribution is 2.21. The molecule has 0 bridgehead atoms. The number of hydrogen-bond acceptors (Lipinski definition) is 5. The molecule has 0 saturated carbocycles. The normalized spacial score (nSPS) is 15.4. The summed E-state index contributed by atoms with van der Waals surface area (Å²) in [5.41, 5.74) is 2.41. The van der Waals surface area contributed by atoms with Crippen molar-refractivity contribution in [3.63, 3.8) is 0 Å². The number of carbonyl (C=O) groups is 1. The lowest BCUT2D eigenvalue weighted by atomic mass is 10.1. The maximum absolute atomic E-state index is 12.7. The zero-order valence-corrected chi connectivity index (χ0v) is 14.9. The van der Waals surface area contributed by atoms with E-state index in [1.807, 2.05) is 36.9 Å². The molecule has 0 spiro atoms. The van der Waals surface area contributed by atoms with Crippen molar-refractivity contribution in [1.82, 2.24) is 10.1 Å². The number of amides is 1. The van der Waals surface area contributed by atoms with Crippen molar-refractivity contribution in [3.05, 3.63) is 46.8 Å². The van der Waals surface area contributed by atoms with Crippen molar-refractivity contribution < 1.29 is 18.8 Å². The number of aromatic nitrogens is 1. The Kier molecular flexibility index (Phi) is 5.38. The molecule has 1 aliphatic rings. The minimum atomic E-state index is 0.0392. The smallest absolute Gasteiger partial charge is 0.253 e. The Morgan fingerprint density at radius 2 is 2.08 bits per heavy atom. The lowest BCUT2D eigenvalue weighted by molar-refractivity contribution is 0.0350. The second-order valence-electron chi connectivity index (χ2n) is 6.35. The molecule has 1 saturated heterocycles. The van der Waals surface area contributed by atoms with Gasteiger partial charge in [0.05, 0.1) is 17.4 Å². The number of benzene rings is 1. The molecule has 0 atom stereocenters. The monoisotopic (exact) mass is 344 g/mol. The van der Waals surface area contributed by atoms with Crippen molar-refractivity contribution in [2.24, 2.45) is 0 Å². The standard InChI is InChI=1S/C19H24N2O4/c1-13-18(14(2)25-20-13)12-24-17-6-4-5-15(11-17)19(22)21-9-7-16(23-3)8-10-21/h4-6,11,16H,7-10,12H2,1-3H3. The van der Waals surface area contributed by atoms with Gasteiger partial charge in [-0.15, -0.1) is 0 Å². The van der Waals surface area contributed by atoms with Crippen LogP contribution in [0, 0.1) is 13.8 Å². The molecule has 0 N–H and O–H groups in total. The predicted octanol–water partition coefficient (Wildman–Crippen LogP) is 3.12. The zero-order chi connectivity index (χ0) is 17.8. The van der Waals surface area contributed by atoms with Crippen LogP contribution in [-0.2, 0) is 11.3 Å². The van der Waals surface area contributed by atoms with E-state index in [1.165, 1.54) is 0 Å². The summed E-state index contributed by atoms with van der Waals surface area (Å²) in [4.78, 5) is 14.6. The van der Waals surface area contributed by atoms with Gasteiger partial charge in [0.1, 0.15) is 18.1 Å². The molecule has 1 fully saturated rings. The Balaban J connectivity index is 1.64. The van der Waals surface area contributed by atoms with E-state index in [-0.39, 0.29) is 12.0 Å². The minimum Gasteiger partial charge on any atom is -0.489 e. The van der Waals surface area contributed by atoms with Crippen molar-refractivity contribution in [2.75, 3.05) is 20.2 Å². The first-order valence-electron chi connectivity index (χ1n) is 8.55. The number of rotatable bonds is 5. The van der Waals surface area contributed by atoms with Gasteiger partial charge in [-0.2, -0.15) is 0 Å². The Morgan fingerprint density at radius 1 is 1.32 bits per heavy atom. The molecule has 0 aliphatic carbocycles. The number of hydrogen-bond donors (Lipinski definition) is 0. The molecule has 1 aromatic carbocycles. The highest BCUT2D eigenvalue weighted by Gasteiger charge is 2.23. The summed E-state index contributed by atoms with van der Waals surface area (Å²) in [7, 11) is 1.72. The van der Waals surface area contributed by atoms with E-state index in [4.69, 9.17) is 14.0 Å². The lowest BCUT2D eigenvalue weighted by Crippen LogP contribution is -2.40. The SMILES string of the molecule is COC1CCN(C(=O)c2cccc(OCc3c(C)noc3C)c2)CC1. The quantitative estimate of drug-likeness (QED) is 0.834. The average Bonchev–Trinajstić information content (AvgIpc) is 2.97. The summed E-state index contributed by atoms with van der Waals surface area (Å²) in [6.45, 7) is 5.57. The van der Waals surface area contributed by atoms with Crippen LogP contribution in [0.3, 0.4) is 0 Å². The van der Waals surface area contributed by atoms with E-state index in [9.17, 15) is 4.79 Å². The fourth-order valence-electron chi connectivity index (χ4n) is 3.06. The van der Waals surface area contributed by atoms with E-state index in [0.29, 0.717) is 17.9 Å². The first kappa shape index (κ1) is 17.5. The molecule has 6 nitrogen and oxygen atoms in total. The molecule has 0 radical (unpaired) electrons. The number of methoxy groups -OCH3 is 1. The van der Waals surface area contributed by atoms with Crippen molar-refractivity contribution >= 4 is 5.91 Å². The maximum Gasteiger partial charge on any atom is 0.253 e. The van der Waals surface area contributed by atoms with Gasteiger partial charge in [0.15, 0.2) is 0 Å². The Labute approximate surface area is 147 Å². The van der Waals surface area contributed by atoms with E-state index < -0.39 is 0 Å². The Bertz CT molecular complexity index is 713. The van der Waals surface area contributed by atoms with Crippen LogP contribution in [0.2, 0.25) is 0 Å². The molecule has 2 heterocycles. The fourth-order valence-corrected chi connectivity index (χ4v) is 3.06. The molecule has 6 heteroatoms. The van der Waals surface area contributed by atoms with E-state index in [0.717, 1.165) is 42.9 Å². The summed E-state index contributed by atoms with van der Waals surface area (Å²) in [5.74, 6) is 1.46. The predicted molar refractivity (Wildman–Crippen MR) is 92.7 cm³/mol. The second-order valence-corrected chi connectivity index (χ2v) is 6.35. The molecule has 2 aromatic rings. The van der Waals surface area contributed by atoms with Crippen LogP contribution in [0.25, 0.3) is 0 Å². The third kappa shape index (κ3) is 4.02. The van der Waals surface area contributed by atoms with Crippen LogP contribution >= 0.6 is 0 Å². The largest absolute Gasteiger partial charge is 0.489 e. The third-order valence-electron chi connectivity index (χ3n) is 4.71. The number of likely N-dealkylation sites (tertiary alicyclic amines) is 1. The number of piperidine rings is 1. The van der Waals surface area contributed by atoms with Gasteiger partial charge in [-0.3, -0.25) is 4.79 Å². The highest BCUT2D eigenvalue weighted by molar-refractivity contribution is 5.94.